The molecule has 0 spiro atoms. The molecule has 2 aromatic rings. The maximum Gasteiger partial charge on any atom is 0.162 e. The van der Waals surface area contributed by atoms with Gasteiger partial charge in [0.25, 0.3) is 0 Å². The monoisotopic (exact) mass is 279 g/mol. The number of hydrogen-bond donors (Lipinski definition) is 1. The highest BCUT2D eigenvalue weighted by atomic mass is 35.5. The molecule has 19 heavy (non-hydrogen) atoms. The summed E-state index contributed by atoms with van der Waals surface area (Å²) < 4.78 is 1.77. The SMILES string of the molecule is CCCNc1ncnc(-n2nc(C)c(Cl)c2C)c1C. The molecule has 0 bridgehead atoms. The maximum atomic E-state index is 6.18. The van der Waals surface area contributed by atoms with Crippen LogP contribution in [0.4, 0.5) is 5.82 Å². The van der Waals surface area contributed by atoms with Gasteiger partial charge in [-0.05, 0) is 27.2 Å². The number of hydrogen-bond acceptors (Lipinski definition) is 4. The standard InChI is InChI=1S/C13H18ClN5/c1-5-6-15-12-8(2)13(17-7-16-12)19-10(4)11(14)9(3)18-19/h7H,5-6H2,1-4H3,(H,15,16,17). The zero-order valence-corrected chi connectivity index (χ0v) is 12.4. The number of halogens is 1. The van der Waals surface area contributed by atoms with Gasteiger partial charge >= 0.3 is 0 Å². The van der Waals surface area contributed by atoms with Gasteiger partial charge in [-0.15, -0.1) is 0 Å². The van der Waals surface area contributed by atoms with Crippen LogP contribution in [-0.4, -0.2) is 26.3 Å². The van der Waals surface area contributed by atoms with Gasteiger partial charge in [0.1, 0.15) is 12.1 Å². The number of aromatic nitrogens is 4. The topological polar surface area (TPSA) is 55.6 Å². The summed E-state index contributed by atoms with van der Waals surface area (Å²) in [4.78, 5) is 8.59. The molecule has 2 rings (SSSR count). The Hall–Kier alpha value is -1.62. The lowest BCUT2D eigenvalue weighted by molar-refractivity contribution is 0.792. The fourth-order valence-corrected chi connectivity index (χ4v) is 2.02. The molecule has 6 heteroatoms. The van der Waals surface area contributed by atoms with Crippen molar-refractivity contribution in [1.29, 1.82) is 0 Å². The molecule has 0 amide bonds. The minimum atomic E-state index is 0.682. The van der Waals surface area contributed by atoms with Crippen molar-refractivity contribution in [1.82, 2.24) is 19.7 Å². The smallest absolute Gasteiger partial charge is 0.162 e. The molecule has 0 aromatic carbocycles. The number of rotatable bonds is 4. The van der Waals surface area contributed by atoms with Crippen molar-refractivity contribution in [2.45, 2.75) is 34.1 Å². The molecule has 0 aliphatic rings. The Morgan fingerprint density at radius 3 is 2.58 bits per heavy atom. The van der Waals surface area contributed by atoms with E-state index < -0.39 is 0 Å². The Morgan fingerprint density at radius 1 is 1.26 bits per heavy atom. The summed E-state index contributed by atoms with van der Waals surface area (Å²) in [5.41, 5.74) is 2.67. The second-order valence-corrected chi connectivity index (χ2v) is 4.87. The first kappa shape index (κ1) is 13.8. The normalized spacial score (nSPS) is 10.8. The largest absolute Gasteiger partial charge is 0.370 e. The van der Waals surface area contributed by atoms with Crippen molar-refractivity contribution in [3.8, 4) is 5.82 Å². The van der Waals surface area contributed by atoms with Gasteiger partial charge in [-0.25, -0.2) is 14.6 Å². The lowest BCUT2D eigenvalue weighted by Crippen LogP contribution is -2.10. The van der Waals surface area contributed by atoms with Gasteiger partial charge in [0.15, 0.2) is 5.82 Å². The quantitative estimate of drug-likeness (QED) is 0.934. The van der Waals surface area contributed by atoms with Crippen LogP contribution >= 0.6 is 11.6 Å². The number of nitrogens with zero attached hydrogens (tertiary/aromatic N) is 4. The summed E-state index contributed by atoms with van der Waals surface area (Å²) in [5, 5.41) is 8.40. The highest BCUT2D eigenvalue weighted by molar-refractivity contribution is 6.31. The third-order valence-electron chi connectivity index (χ3n) is 3.00. The average molecular weight is 280 g/mol. The first-order valence-electron chi connectivity index (χ1n) is 6.33. The van der Waals surface area contributed by atoms with Crippen molar-refractivity contribution >= 4 is 17.4 Å². The molecule has 2 aromatic heterocycles. The van der Waals surface area contributed by atoms with E-state index in [1.54, 1.807) is 11.0 Å². The van der Waals surface area contributed by atoms with E-state index in [1.807, 2.05) is 20.8 Å². The molecule has 102 valence electrons. The van der Waals surface area contributed by atoms with Crippen LogP contribution < -0.4 is 5.32 Å². The van der Waals surface area contributed by atoms with E-state index in [4.69, 9.17) is 11.6 Å². The number of nitrogens with one attached hydrogen (secondary N) is 1. The highest BCUT2D eigenvalue weighted by Crippen LogP contribution is 2.24. The minimum absolute atomic E-state index is 0.682. The summed E-state index contributed by atoms with van der Waals surface area (Å²) in [6, 6.07) is 0. The molecule has 0 aliphatic heterocycles. The lowest BCUT2D eigenvalue weighted by atomic mass is 10.3. The van der Waals surface area contributed by atoms with Crippen LogP contribution in [0.3, 0.4) is 0 Å². The van der Waals surface area contributed by atoms with E-state index in [1.165, 1.54) is 0 Å². The zero-order chi connectivity index (χ0) is 14.0. The molecular formula is C13H18ClN5. The Morgan fingerprint density at radius 2 is 2.00 bits per heavy atom. The average Bonchev–Trinajstić information content (AvgIpc) is 2.65. The Labute approximate surface area is 118 Å². The van der Waals surface area contributed by atoms with Gasteiger partial charge < -0.3 is 5.32 Å². The van der Waals surface area contributed by atoms with Crippen LogP contribution in [0.5, 0.6) is 0 Å². The van der Waals surface area contributed by atoms with Crippen molar-refractivity contribution in [2.24, 2.45) is 0 Å². The molecule has 0 unspecified atom stereocenters. The van der Waals surface area contributed by atoms with E-state index >= 15 is 0 Å². The third kappa shape index (κ3) is 2.56. The van der Waals surface area contributed by atoms with E-state index in [-0.39, 0.29) is 0 Å². The predicted molar refractivity (Wildman–Crippen MR) is 77.2 cm³/mol. The Bertz CT molecular complexity index is 591. The summed E-state index contributed by atoms with van der Waals surface area (Å²) >= 11 is 6.18. The van der Waals surface area contributed by atoms with Gasteiger partial charge in [-0.1, -0.05) is 18.5 Å². The van der Waals surface area contributed by atoms with Crippen LogP contribution in [0.2, 0.25) is 5.02 Å². The lowest BCUT2D eigenvalue weighted by Gasteiger charge is -2.11. The Kier molecular flexibility index (Phi) is 4.04. The molecule has 0 fully saturated rings. The van der Waals surface area contributed by atoms with Gasteiger partial charge in [0.05, 0.1) is 16.4 Å². The third-order valence-corrected chi connectivity index (χ3v) is 3.55. The zero-order valence-electron chi connectivity index (χ0n) is 11.7. The van der Waals surface area contributed by atoms with E-state index in [2.05, 4.69) is 27.3 Å². The predicted octanol–water partition coefficient (Wildman–Crippen LogP) is 3.06. The molecule has 0 saturated heterocycles. The molecule has 5 nitrogen and oxygen atoms in total. The van der Waals surface area contributed by atoms with Crippen LogP contribution in [0.25, 0.3) is 5.82 Å². The minimum Gasteiger partial charge on any atom is -0.370 e. The van der Waals surface area contributed by atoms with Gasteiger partial charge in [-0.3, -0.25) is 0 Å². The molecule has 0 saturated carbocycles. The van der Waals surface area contributed by atoms with Gasteiger partial charge in [0.2, 0.25) is 0 Å². The van der Waals surface area contributed by atoms with Crippen molar-refractivity contribution < 1.29 is 0 Å². The van der Waals surface area contributed by atoms with Crippen molar-refractivity contribution in [3.05, 3.63) is 28.3 Å². The van der Waals surface area contributed by atoms with Crippen LogP contribution in [0.15, 0.2) is 6.33 Å². The Balaban J connectivity index is 2.47. The molecular weight excluding hydrogens is 262 g/mol. The summed E-state index contributed by atoms with van der Waals surface area (Å²) in [7, 11) is 0. The molecule has 0 radical (unpaired) electrons. The van der Waals surface area contributed by atoms with Gasteiger partial charge in [-0.2, -0.15) is 5.10 Å². The summed E-state index contributed by atoms with van der Waals surface area (Å²) in [6.07, 6.45) is 2.59. The van der Waals surface area contributed by atoms with Crippen LogP contribution in [0.1, 0.15) is 30.3 Å². The van der Waals surface area contributed by atoms with Crippen molar-refractivity contribution in [2.75, 3.05) is 11.9 Å². The highest BCUT2D eigenvalue weighted by Gasteiger charge is 2.15. The fourth-order valence-electron chi connectivity index (χ4n) is 1.91. The first-order valence-corrected chi connectivity index (χ1v) is 6.71. The maximum absolute atomic E-state index is 6.18. The first-order chi connectivity index (χ1) is 9.06. The second-order valence-electron chi connectivity index (χ2n) is 4.49. The van der Waals surface area contributed by atoms with Gasteiger partial charge in [0, 0.05) is 12.1 Å². The fraction of sp³-hybridized carbons (Fsp3) is 0.462. The second kappa shape index (κ2) is 5.57. The van der Waals surface area contributed by atoms with E-state index in [0.717, 1.165) is 41.6 Å². The number of anilines is 1. The molecule has 0 aliphatic carbocycles. The van der Waals surface area contributed by atoms with E-state index in [0.29, 0.717) is 5.02 Å². The molecule has 0 atom stereocenters. The van der Waals surface area contributed by atoms with Crippen LogP contribution in [0, 0.1) is 20.8 Å². The number of aryl methyl sites for hydroxylation is 1. The molecule has 1 N–H and O–H groups in total. The summed E-state index contributed by atoms with van der Waals surface area (Å²) in [5.74, 6) is 1.61. The van der Waals surface area contributed by atoms with E-state index in [9.17, 15) is 0 Å². The van der Waals surface area contributed by atoms with Crippen molar-refractivity contribution in [3.63, 3.8) is 0 Å². The van der Waals surface area contributed by atoms with Crippen LogP contribution in [-0.2, 0) is 0 Å². The molecule has 2 heterocycles. The summed E-state index contributed by atoms with van der Waals surface area (Å²) in [6.45, 7) is 8.81.